The van der Waals surface area contributed by atoms with Gasteiger partial charge in [0, 0.05) is 30.9 Å². The molecule has 0 saturated carbocycles. The van der Waals surface area contributed by atoms with Gasteiger partial charge in [-0.3, -0.25) is 14.4 Å². The minimum Gasteiger partial charge on any atom is -0.355 e. The van der Waals surface area contributed by atoms with Crippen LogP contribution in [-0.2, 0) is 21.2 Å². The number of hydrogen-bond donors (Lipinski definition) is 2. The first-order valence-corrected chi connectivity index (χ1v) is 11.5. The number of nitrogens with one attached hydrogen (secondary N) is 2. The van der Waals surface area contributed by atoms with Crippen molar-refractivity contribution in [3.05, 3.63) is 59.9 Å². The molecule has 0 spiro atoms. The second kappa shape index (κ2) is 10.5. The predicted octanol–water partition coefficient (Wildman–Crippen LogP) is 3.40. The smallest absolute Gasteiger partial charge is 0.261 e. The summed E-state index contributed by atoms with van der Waals surface area (Å²) in [6, 6.07) is 12.0. The maximum absolute atomic E-state index is 13.0. The van der Waals surface area contributed by atoms with E-state index in [0.29, 0.717) is 24.3 Å². The Kier molecular flexibility index (Phi) is 8.37. The van der Waals surface area contributed by atoms with Crippen molar-refractivity contribution in [2.45, 2.75) is 51.1 Å². The topological polar surface area (TPSA) is 78.5 Å². The molecular formula is C22H30FN3O3S. The molecular weight excluding hydrogens is 405 g/mol. The van der Waals surface area contributed by atoms with Crippen LogP contribution in [0.3, 0.4) is 0 Å². The molecule has 2 aromatic rings. The third kappa shape index (κ3) is 7.11. The molecule has 0 atom stereocenters. The summed E-state index contributed by atoms with van der Waals surface area (Å²) in [5.41, 5.74) is 1.15. The highest BCUT2D eigenvalue weighted by molar-refractivity contribution is 7.92. The zero-order valence-electron chi connectivity index (χ0n) is 17.9. The standard InChI is InChI=1S/C22H30FN3O3S/c1-16(2)26(17(3)4)14-13-24-22(27)15-18-5-9-20(10-6-18)25-30(28,29)21-11-7-19(23)8-12-21/h5-12,16-17,25H,13-15H2,1-4H3,(H,24,27). The molecule has 164 valence electrons. The Hall–Kier alpha value is -2.45. The van der Waals surface area contributed by atoms with Crippen molar-refractivity contribution in [1.82, 2.24) is 10.2 Å². The molecule has 0 heterocycles. The highest BCUT2D eigenvalue weighted by Gasteiger charge is 2.15. The van der Waals surface area contributed by atoms with Crippen LogP contribution in [0.2, 0.25) is 0 Å². The van der Waals surface area contributed by atoms with Crippen LogP contribution in [0.4, 0.5) is 10.1 Å². The number of sulfonamides is 1. The summed E-state index contributed by atoms with van der Waals surface area (Å²) in [7, 11) is -3.80. The zero-order chi connectivity index (χ0) is 22.3. The number of nitrogens with zero attached hydrogens (tertiary/aromatic N) is 1. The van der Waals surface area contributed by atoms with Crippen molar-refractivity contribution in [1.29, 1.82) is 0 Å². The maximum Gasteiger partial charge on any atom is 0.261 e. The van der Waals surface area contributed by atoms with E-state index < -0.39 is 15.8 Å². The fourth-order valence-corrected chi connectivity index (χ4v) is 4.26. The Bertz CT molecular complexity index is 919. The number of halogens is 1. The van der Waals surface area contributed by atoms with Gasteiger partial charge in [0.05, 0.1) is 11.3 Å². The lowest BCUT2D eigenvalue weighted by atomic mass is 10.1. The lowest BCUT2D eigenvalue weighted by Gasteiger charge is -2.30. The van der Waals surface area contributed by atoms with Gasteiger partial charge >= 0.3 is 0 Å². The Morgan fingerprint density at radius 3 is 2.07 bits per heavy atom. The predicted molar refractivity (Wildman–Crippen MR) is 117 cm³/mol. The van der Waals surface area contributed by atoms with Crippen molar-refractivity contribution in [3.8, 4) is 0 Å². The molecule has 0 unspecified atom stereocenters. The number of amides is 1. The van der Waals surface area contributed by atoms with Gasteiger partial charge in [0.25, 0.3) is 10.0 Å². The summed E-state index contributed by atoms with van der Waals surface area (Å²) in [5, 5.41) is 2.93. The quantitative estimate of drug-likeness (QED) is 0.600. The van der Waals surface area contributed by atoms with Crippen LogP contribution < -0.4 is 10.0 Å². The highest BCUT2D eigenvalue weighted by Crippen LogP contribution is 2.17. The molecule has 0 aliphatic heterocycles. The van der Waals surface area contributed by atoms with Gasteiger partial charge in [-0.05, 0) is 69.7 Å². The van der Waals surface area contributed by atoms with Crippen LogP contribution >= 0.6 is 0 Å². The number of hydrogen-bond acceptors (Lipinski definition) is 4. The minimum atomic E-state index is -3.80. The lowest BCUT2D eigenvalue weighted by molar-refractivity contribution is -0.120. The van der Waals surface area contributed by atoms with Crippen molar-refractivity contribution < 1.29 is 17.6 Å². The molecule has 8 heteroatoms. The van der Waals surface area contributed by atoms with E-state index >= 15 is 0 Å². The summed E-state index contributed by atoms with van der Waals surface area (Å²) < 4.78 is 40.1. The third-order valence-electron chi connectivity index (χ3n) is 4.71. The average molecular weight is 436 g/mol. The monoisotopic (exact) mass is 435 g/mol. The SMILES string of the molecule is CC(C)N(CCNC(=O)Cc1ccc(NS(=O)(=O)c2ccc(F)cc2)cc1)C(C)C. The molecule has 2 aromatic carbocycles. The van der Waals surface area contributed by atoms with E-state index in [2.05, 4.69) is 42.6 Å². The van der Waals surface area contributed by atoms with E-state index in [1.165, 1.54) is 12.1 Å². The Morgan fingerprint density at radius 2 is 1.53 bits per heavy atom. The van der Waals surface area contributed by atoms with Crippen LogP contribution in [0.1, 0.15) is 33.3 Å². The molecule has 6 nitrogen and oxygen atoms in total. The largest absolute Gasteiger partial charge is 0.355 e. The van der Waals surface area contributed by atoms with Gasteiger partial charge in [0.1, 0.15) is 5.82 Å². The summed E-state index contributed by atoms with van der Waals surface area (Å²) in [5.74, 6) is -0.584. The number of carbonyl (C=O) groups excluding carboxylic acids is 1. The number of carbonyl (C=O) groups is 1. The summed E-state index contributed by atoms with van der Waals surface area (Å²) >= 11 is 0. The summed E-state index contributed by atoms with van der Waals surface area (Å²) in [4.78, 5) is 14.5. The van der Waals surface area contributed by atoms with E-state index in [9.17, 15) is 17.6 Å². The molecule has 2 rings (SSSR count). The van der Waals surface area contributed by atoms with Crippen LogP contribution in [-0.4, -0.2) is 44.4 Å². The van der Waals surface area contributed by atoms with Crippen molar-refractivity contribution in [3.63, 3.8) is 0 Å². The Balaban J connectivity index is 1.88. The van der Waals surface area contributed by atoms with Crippen LogP contribution in [0.15, 0.2) is 53.4 Å². The maximum atomic E-state index is 13.0. The van der Waals surface area contributed by atoms with Gasteiger partial charge in [0.2, 0.25) is 5.91 Å². The summed E-state index contributed by atoms with van der Waals surface area (Å²) in [6.45, 7) is 9.89. The van der Waals surface area contributed by atoms with Crippen LogP contribution in [0.25, 0.3) is 0 Å². The molecule has 2 N–H and O–H groups in total. The highest BCUT2D eigenvalue weighted by atomic mass is 32.2. The zero-order valence-corrected chi connectivity index (χ0v) is 18.7. The normalized spacial score (nSPS) is 11.9. The third-order valence-corrected chi connectivity index (χ3v) is 6.11. The molecule has 0 aliphatic rings. The van der Waals surface area contributed by atoms with Crippen LogP contribution in [0, 0.1) is 5.82 Å². The van der Waals surface area contributed by atoms with Gasteiger partial charge < -0.3 is 5.32 Å². The Labute approximate surface area is 178 Å². The van der Waals surface area contributed by atoms with Gasteiger partial charge in [-0.25, -0.2) is 12.8 Å². The Morgan fingerprint density at radius 1 is 0.967 bits per heavy atom. The number of rotatable bonds is 10. The second-order valence-electron chi connectivity index (χ2n) is 7.71. The molecule has 0 aliphatic carbocycles. The molecule has 0 aromatic heterocycles. The van der Waals surface area contributed by atoms with Crippen LogP contribution in [0.5, 0.6) is 0 Å². The van der Waals surface area contributed by atoms with Gasteiger partial charge in [-0.2, -0.15) is 0 Å². The van der Waals surface area contributed by atoms with E-state index in [1.54, 1.807) is 24.3 Å². The minimum absolute atomic E-state index is 0.0239. The average Bonchev–Trinajstić information content (AvgIpc) is 2.66. The fraction of sp³-hybridized carbons (Fsp3) is 0.409. The number of benzene rings is 2. The van der Waals surface area contributed by atoms with E-state index in [-0.39, 0.29) is 17.2 Å². The van der Waals surface area contributed by atoms with E-state index in [0.717, 1.165) is 24.2 Å². The molecule has 1 amide bonds. The van der Waals surface area contributed by atoms with Crippen molar-refractivity contribution in [2.75, 3.05) is 17.8 Å². The van der Waals surface area contributed by atoms with E-state index in [1.807, 2.05) is 0 Å². The first-order valence-electron chi connectivity index (χ1n) is 9.98. The number of anilines is 1. The van der Waals surface area contributed by atoms with Gasteiger partial charge in [0.15, 0.2) is 0 Å². The van der Waals surface area contributed by atoms with Crippen molar-refractivity contribution in [2.24, 2.45) is 0 Å². The first kappa shape index (κ1) is 23.8. The molecule has 0 fully saturated rings. The first-order chi connectivity index (χ1) is 14.1. The lowest BCUT2D eigenvalue weighted by Crippen LogP contribution is -2.42. The molecule has 0 radical (unpaired) electrons. The second-order valence-corrected chi connectivity index (χ2v) is 9.39. The fourth-order valence-electron chi connectivity index (χ4n) is 3.20. The molecule has 0 bridgehead atoms. The van der Waals surface area contributed by atoms with Gasteiger partial charge in [-0.1, -0.05) is 12.1 Å². The summed E-state index contributed by atoms with van der Waals surface area (Å²) in [6.07, 6.45) is 0.217. The van der Waals surface area contributed by atoms with Crippen molar-refractivity contribution >= 4 is 21.6 Å². The molecule has 0 saturated heterocycles. The molecule has 30 heavy (non-hydrogen) atoms. The van der Waals surface area contributed by atoms with Gasteiger partial charge in [-0.15, -0.1) is 0 Å². The van der Waals surface area contributed by atoms with E-state index in [4.69, 9.17) is 0 Å².